The summed E-state index contributed by atoms with van der Waals surface area (Å²) in [6.07, 6.45) is 0.817. The van der Waals surface area contributed by atoms with Gasteiger partial charge in [-0.15, -0.1) is 0 Å². The molecule has 0 saturated carbocycles. The fourth-order valence-electron chi connectivity index (χ4n) is 2.56. The van der Waals surface area contributed by atoms with Crippen LogP contribution in [-0.2, 0) is 6.54 Å². The van der Waals surface area contributed by atoms with Crippen LogP contribution in [0.4, 0.5) is 29.2 Å². The average Bonchev–Trinajstić information content (AvgIpc) is 2.66. The third-order valence-electron chi connectivity index (χ3n) is 3.84. The minimum Gasteiger partial charge on any atom is -0.494 e. The summed E-state index contributed by atoms with van der Waals surface area (Å²) in [5, 5.41) is 3.04. The molecule has 1 heterocycles. The Morgan fingerprint density at radius 1 is 1.10 bits per heavy atom. The molecule has 3 aromatic rings. The molecule has 0 bridgehead atoms. The summed E-state index contributed by atoms with van der Waals surface area (Å²) in [5.74, 6) is -5.23. The molecule has 0 aliphatic heterocycles. The van der Waals surface area contributed by atoms with Gasteiger partial charge in [-0.25, -0.2) is 13.2 Å². The minimum atomic E-state index is -1.61. The Morgan fingerprint density at radius 3 is 2.45 bits per heavy atom. The lowest BCUT2D eigenvalue weighted by atomic mass is 10.2. The zero-order valence-corrected chi connectivity index (χ0v) is 15.7. The van der Waals surface area contributed by atoms with Gasteiger partial charge in [-0.2, -0.15) is 9.37 Å². The van der Waals surface area contributed by atoms with E-state index in [9.17, 15) is 22.4 Å². The lowest BCUT2D eigenvalue weighted by molar-refractivity contribution is 0.340. The molecule has 1 aromatic heterocycles. The second-order valence-corrected chi connectivity index (χ2v) is 6.33. The molecule has 5 nitrogen and oxygen atoms in total. The Morgan fingerprint density at radius 2 is 1.79 bits per heavy atom. The van der Waals surface area contributed by atoms with E-state index in [1.165, 1.54) is 0 Å². The van der Waals surface area contributed by atoms with Crippen LogP contribution in [0.2, 0.25) is 5.02 Å². The first-order valence-corrected chi connectivity index (χ1v) is 8.76. The highest BCUT2D eigenvalue weighted by Gasteiger charge is 2.15. The number of halogens is 5. The molecule has 152 valence electrons. The molecule has 0 spiro atoms. The predicted molar refractivity (Wildman–Crippen MR) is 99.8 cm³/mol. The quantitative estimate of drug-likeness (QED) is 0.460. The highest BCUT2D eigenvalue weighted by Crippen LogP contribution is 2.29. The molecule has 1 N–H and O–H groups in total. The number of benzene rings is 2. The molecule has 0 aliphatic rings. The Labute approximate surface area is 167 Å². The van der Waals surface area contributed by atoms with Gasteiger partial charge in [0.25, 0.3) is 0 Å². The number of hydrogen-bond acceptors (Lipinski definition) is 4. The fourth-order valence-corrected chi connectivity index (χ4v) is 2.73. The van der Waals surface area contributed by atoms with Crippen molar-refractivity contribution in [3.05, 3.63) is 80.7 Å². The SMILES string of the molecule is CCOc1ccc(Cl)c(Nc2nc(=O)c(F)cn2Cc2cc(F)c(F)c(F)c2)c1. The summed E-state index contributed by atoms with van der Waals surface area (Å²) in [7, 11) is 0. The Balaban J connectivity index is 2.01. The van der Waals surface area contributed by atoms with Crippen LogP contribution in [-0.4, -0.2) is 16.2 Å². The largest absolute Gasteiger partial charge is 0.494 e. The molecule has 3 rings (SSSR count). The van der Waals surface area contributed by atoms with E-state index in [2.05, 4.69) is 10.3 Å². The first-order chi connectivity index (χ1) is 13.8. The third kappa shape index (κ3) is 4.68. The Bertz CT molecular complexity index is 1100. The number of nitrogens with zero attached hydrogens (tertiary/aromatic N) is 2. The lowest BCUT2D eigenvalue weighted by Crippen LogP contribution is -2.20. The number of anilines is 2. The van der Waals surface area contributed by atoms with Gasteiger partial charge in [0.1, 0.15) is 5.75 Å². The maximum Gasteiger partial charge on any atom is 0.310 e. The van der Waals surface area contributed by atoms with Gasteiger partial charge in [-0.3, -0.25) is 4.79 Å². The van der Waals surface area contributed by atoms with Crippen LogP contribution >= 0.6 is 11.6 Å². The van der Waals surface area contributed by atoms with Gasteiger partial charge in [-0.1, -0.05) is 11.6 Å². The van der Waals surface area contributed by atoms with E-state index < -0.39 is 28.8 Å². The van der Waals surface area contributed by atoms with Crippen molar-refractivity contribution < 1.29 is 22.3 Å². The van der Waals surface area contributed by atoms with Crippen molar-refractivity contribution >= 4 is 23.2 Å². The van der Waals surface area contributed by atoms with Gasteiger partial charge in [-0.05, 0) is 36.8 Å². The summed E-state index contributed by atoms with van der Waals surface area (Å²) in [4.78, 5) is 15.3. The van der Waals surface area contributed by atoms with Crippen molar-refractivity contribution in [3.63, 3.8) is 0 Å². The maximum absolute atomic E-state index is 13.8. The van der Waals surface area contributed by atoms with Gasteiger partial charge in [0, 0.05) is 12.3 Å². The van der Waals surface area contributed by atoms with Gasteiger partial charge in [0.05, 0.1) is 23.9 Å². The van der Waals surface area contributed by atoms with Crippen LogP contribution in [0.15, 0.2) is 41.3 Å². The average molecular weight is 428 g/mol. The molecule has 0 unspecified atom stereocenters. The van der Waals surface area contributed by atoms with Crippen molar-refractivity contribution in [2.75, 3.05) is 11.9 Å². The van der Waals surface area contributed by atoms with Crippen LogP contribution in [0.25, 0.3) is 0 Å². The molecule has 0 saturated heterocycles. The summed E-state index contributed by atoms with van der Waals surface area (Å²) < 4.78 is 60.4. The van der Waals surface area contributed by atoms with E-state index in [-0.39, 0.29) is 23.1 Å². The molecule has 29 heavy (non-hydrogen) atoms. The second kappa shape index (κ2) is 8.52. The van der Waals surface area contributed by atoms with E-state index in [4.69, 9.17) is 16.3 Å². The molecule has 0 amide bonds. The van der Waals surface area contributed by atoms with Crippen molar-refractivity contribution in [1.82, 2.24) is 9.55 Å². The number of aromatic nitrogens is 2. The van der Waals surface area contributed by atoms with Gasteiger partial charge in [0.2, 0.25) is 11.8 Å². The van der Waals surface area contributed by atoms with Crippen molar-refractivity contribution in [1.29, 1.82) is 0 Å². The molecule has 0 fully saturated rings. The maximum atomic E-state index is 13.8. The standard InChI is InChI=1S/C19H14ClF4N3O2/c1-2-29-11-3-4-12(20)16(7-11)25-19-26-18(28)15(23)9-27(19)8-10-5-13(21)17(24)14(22)6-10/h3-7,9H,2,8H2,1H3,(H,25,26,28). The number of hydrogen-bond donors (Lipinski definition) is 1. The smallest absolute Gasteiger partial charge is 0.310 e. The molecular formula is C19H14ClF4N3O2. The van der Waals surface area contributed by atoms with E-state index in [0.29, 0.717) is 18.0 Å². The predicted octanol–water partition coefficient (Wildman–Crippen LogP) is 4.64. The van der Waals surface area contributed by atoms with Crippen LogP contribution in [0.3, 0.4) is 0 Å². The minimum absolute atomic E-state index is 0.0107. The summed E-state index contributed by atoms with van der Waals surface area (Å²) in [6.45, 7) is 1.90. The molecule has 2 aromatic carbocycles. The van der Waals surface area contributed by atoms with Crippen LogP contribution in [0.5, 0.6) is 5.75 Å². The Hall–Kier alpha value is -3.07. The number of ether oxygens (including phenoxy) is 1. The summed E-state index contributed by atoms with van der Waals surface area (Å²) >= 11 is 6.14. The first kappa shape index (κ1) is 20.7. The monoisotopic (exact) mass is 427 g/mol. The van der Waals surface area contributed by atoms with E-state index in [0.717, 1.165) is 22.9 Å². The number of rotatable bonds is 6. The topological polar surface area (TPSA) is 56.1 Å². The molecule has 10 heteroatoms. The van der Waals surface area contributed by atoms with E-state index in [1.54, 1.807) is 25.1 Å². The zero-order chi connectivity index (χ0) is 21.1. The van der Waals surface area contributed by atoms with Gasteiger partial charge in [0.15, 0.2) is 17.5 Å². The van der Waals surface area contributed by atoms with Crippen molar-refractivity contribution in [2.45, 2.75) is 13.5 Å². The highest BCUT2D eigenvalue weighted by molar-refractivity contribution is 6.33. The van der Waals surface area contributed by atoms with Crippen LogP contribution in [0, 0.1) is 23.3 Å². The summed E-state index contributed by atoms with van der Waals surface area (Å²) in [6, 6.07) is 6.25. The van der Waals surface area contributed by atoms with Crippen LogP contribution < -0.4 is 15.6 Å². The molecule has 0 radical (unpaired) electrons. The van der Waals surface area contributed by atoms with Gasteiger partial charge >= 0.3 is 5.56 Å². The molecule has 0 atom stereocenters. The third-order valence-corrected chi connectivity index (χ3v) is 4.17. The zero-order valence-electron chi connectivity index (χ0n) is 15.0. The Kier molecular flexibility index (Phi) is 6.07. The van der Waals surface area contributed by atoms with E-state index >= 15 is 0 Å². The molecule has 0 aliphatic carbocycles. The van der Waals surface area contributed by atoms with E-state index in [1.807, 2.05) is 0 Å². The fraction of sp³-hybridized carbons (Fsp3) is 0.158. The van der Waals surface area contributed by atoms with Crippen LogP contribution in [0.1, 0.15) is 12.5 Å². The summed E-state index contributed by atoms with van der Waals surface area (Å²) in [5.41, 5.74) is -0.845. The highest BCUT2D eigenvalue weighted by atomic mass is 35.5. The van der Waals surface area contributed by atoms with Crippen molar-refractivity contribution in [3.8, 4) is 5.75 Å². The molecular weight excluding hydrogens is 414 g/mol. The van der Waals surface area contributed by atoms with Crippen molar-refractivity contribution in [2.24, 2.45) is 0 Å². The normalized spacial score (nSPS) is 10.8. The second-order valence-electron chi connectivity index (χ2n) is 5.92. The number of nitrogens with one attached hydrogen (secondary N) is 1. The lowest BCUT2D eigenvalue weighted by Gasteiger charge is -2.16. The first-order valence-electron chi connectivity index (χ1n) is 8.38. The van der Waals surface area contributed by atoms with Gasteiger partial charge < -0.3 is 14.6 Å².